The van der Waals surface area contributed by atoms with Gasteiger partial charge in [0.2, 0.25) is 11.8 Å². The number of nitrogens with zero attached hydrogens (tertiary/aromatic N) is 5. The molecule has 6 nitrogen and oxygen atoms in total. The minimum atomic E-state index is -0.603. The number of anilines is 1. The Morgan fingerprint density at radius 1 is 1.12 bits per heavy atom. The van der Waals surface area contributed by atoms with Crippen molar-refractivity contribution in [3.8, 4) is 5.88 Å². The number of rotatable bonds is 5. The van der Waals surface area contributed by atoms with Gasteiger partial charge in [-0.15, -0.1) is 0 Å². The first-order valence-electron chi connectivity index (χ1n) is 8.38. The van der Waals surface area contributed by atoms with E-state index in [1.165, 1.54) is 0 Å². The Hall–Kier alpha value is -2.35. The van der Waals surface area contributed by atoms with E-state index in [4.69, 9.17) is 4.74 Å². The Morgan fingerprint density at radius 2 is 1.92 bits per heavy atom. The fourth-order valence-electron chi connectivity index (χ4n) is 2.85. The van der Waals surface area contributed by atoms with Crippen LogP contribution in [0.1, 0.15) is 18.9 Å². The highest BCUT2D eigenvalue weighted by molar-refractivity contribution is 5.32. The summed E-state index contributed by atoms with van der Waals surface area (Å²) in [7, 11) is 0. The Bertz CT molecular complexity index is 695. The summed E-state index contributed by atoms with van der Waals surface area (Å²) in [6, 6.07) is 1.73. The van der Waals surface area contributed by atoms with Crippen molar-refractivity contribution >= 4 is 5.95 Å². The quantitative estimate of drug-likeness (QED) is 0.825. The molecule has 25 heavy (non-hydrogen) atoms. The van der Waals surface area contributed by atoms with Crippen LogP contribution in [0.25, 0.3) is 0 Å². The van der Waals surface area contributed by atoms with Crippen molar-refractivity contribution in [2.24, 2.45) is 0 Å². The van der Waals surface area contributed by atoms with Crippen LogP contribution >= 0.6 is 0 Å². The maximum atomic E-state index is 13.8. The maximum Gasteiger partial charge on any atom is 0.228 e. The van der Waals surface area contributed by atoms with Gasteiger partial charge >= 0.3 is 0 Å². The highest BCUT2D eigenvalue weighted by Gasteiger charge is 2.20. The van der Waals surface area contributed by atoms with Crippen LogP contribution in [0.5, 0.6) is 5.88 Å². The molecule has 1 fully saturated rings. The van der Waals surface area contributed by atoms with Crippen LogP contribution in [0.4, 0.5) is 14.7 Å². The first-order valence-corrected chi connectivity index (χ1v) is 8.38. The second kappa shape index (κ2) is 8.15. The molecule has 3 heterocycles. The maximum absolute atomic E-state index is 13.8. The van der Waals surface area contributed by atoms with Crippen LogP contribution in [0.3, 0.4) is 0 Å². The lowest BCUT2D eigenvalue weighted by atomic mass is 10.2. The predicted octanol–water partition coefficient (Wildman–Crippen LogP) is 2.26. The van der Waals surface area contributed by atoms with Crippen LogP contribution in [0, 0.1) is 11.6 Å². The van der Waals surface area contributed by atoms with Gasteiger partial charge in [-0.05, 0) is 13.3 Å². The molecule has 0 N–H and O–H groups in total. The number of halogens is 2. The molecule has 0 aromatic carbocycles. The average Bonchev–Trinajstić information content (AvgIpc) is 2.84. The molecule has 0 unspecified atom stereocenters. The average molecular weight is 349 g/mol. The fraction of sp³-hybridized carbons (Fsp3) is 0.471. The lowest BCUT2D eigenvalue weighted by Gasteiger charge is -2.22. The molecule has 8 heteroatoms. The smallest absolute Gasteiger partial charge is 0.228 e. The van der Waals surface area contributed by atoms with Crippen LogP contribution in [0.15, 0.2) is 24.7 Å². The van der Waals surface area contributed by atoms with Gasteiger partial charge in [0.25, 0.3) is 0 Å². The summed E-state index contributed by atoms with van der Waals surface area (Å²) < 4.78 is 33.0. The third-order valence-electron chi connectivity index (χ3n) is 4.11. The van der Waals surface area contributed by atoms with Crippen molar-refractivity contribution in [1.29, 1.82) is 0 Å². The van der Waals surface area contributed by atoms with Gasteiger partial charge in [0, 0.05) is 50.6 Å². The highest BCUT2D eigenvalue weighted by Crippen LogP contribution is 2.18. The summed E-state index contributed by atoms with van der Waals surface area (Å²) in [5.41, 5.74) is 0.0676. The second-order valence-electron chi connectivity index (χ2n) is 5.83. The lowest BCUT2D eigenvalue weighted by molar-refractivity contribution is 0.275. The summed E-state index contributed by atoms with van der Waals surface area (Å²) in [6.07, 6.45) is 4.64. The number of ether oxygens (including phenoxy) is 1. The molecule has 3 rings (SSSR count). The summed E-state index contributed by atoms with van der Waals surface area (Å²) in [5, 5.41) is 0. The molecule has 0 atom stereocenters. The van der Waals surface area contributed by atoms with E-state index in [1.54, 1.807) is 12.3 Å². The third kappa shape index (κ3) is 4.39. The molecule has 0 saturated carbocycles. The number of hydrogen-bond donors (Lipinski definition) is 0. The Kier molecular flexibility index (Phi) is 5.70. The first kappa shape index (κ1) is 17.5. The van der Waals surface area contributed by atoms with Crippen molar-refractivity contribution in [1.82, 2.24) is 19.9 Å². The monoisotopic (exact) mass is 349 g/mol. The van der Waals surface area contributed by atoms with Gasteiger partial charge in [0.1, 0.15) is 11.6 Å². The van der Waals surface area contributed by atoms with Gasteiger partial charge in [-0.1, -0.05) is 0 Å². The minimum Gasteiger partial charge on any atom is -0.478 e. The molecular weight excluding hydrogens is 328 g/mol. The molecule has 0 amide bonds. The number of pyridine rings is 1. The van der Waals surface area contributed by atoms with E-state index in [1.807, 2.05) is 11.8 Å². The van der Waals surface area contributed by atoms with Crippen LogP contribution in [-0.2, 0) is 6.54 Å². The van der Waals surface area contributed by atoms with E-state index in [0.717, 1.165) is 31.9 Å². The van der Waals surface area contributed by atoms with Gasteiger partial charge in [-0.2, -0.15) is 4.98 Å². The Balaban J connectivity index is 1.65. The molecule has 0 radical (unpaired) electrons. The van der Waals surface area contributed by atoms with Crippen LogP contribution in [-0.4, -0.2) is 52.6 Å². The molecular formula is C17H21F2N5O. The lowest BCUT2D eigenvalue weighted by Crippen LogP contribution is -2.32. The van der Waals surface area contributed by atoms with Gasteiger partial charge in [-0.3, -0.25) is 9.88 Å². The zero-order valence-corrected chi connectivity index (χ0v) is 14.2. The molecule has 0 bridgehead atoms. The van der Waals surface area contributed by atoms with Gasteiger partial charge in [0.15, 0.2) is 0 Å². The highest BCUT2D eigenvalue weighted by atomic mass is 19.1. The molecule has 2 aromatic heterocycles. The standard InChI is InChI=1S/C17H21F2N5O/c1-2-25-16-4-5-21-17(22-16)24-7-3-6-23(8-9-24)12-13-14(18)10-20-11-15(13)19/h4-5,10-11H,2-3,6-9,12H2,1H3. The minimum absolute atomic E-state index is 0.0676. The zero-order chi connectivity index (χ0) is 17.6. The van der Waals surface area contributed by atoms with Gasteiger partial charge < -0.3 is 9.64 Å². The summed E-state index contributed by atoms with van der Waals surface area (Å²) in [5.74, 6) is -0.0358. The fourth-order valence-corrected chi connectivity index (χ4v) is 2.85. The SMILES string of the molecule is CCOc1ccnc(N2CCCN(Cc3c(F)cncc3F)CC2)n1. The van der Waals surface area contributed by atoms with E-state index in [9.17, 15) is 8.78 Å². The Morgan fingerprint density at radius 3 is 2.68 bits per heavy atom. The molecule has 1 aliphatic heterocycles. The van der Waals surface area contributed by atoms with E-state index >= 15 is 0 Å². The van der Waals surface area contributed by atoms with Crippen molar-refractivity contribution in [3.05, 3.63) is 41.9 Å². The van der Waals surface area contributed by atoms with E-state index in [2.05, 4.69) is 19.9 Å². The third-order valence-corrected chi connectivity index (χ3v) is 4.11. The van der Waals surface area contributed by atoms with E-state index in [0.29, 0.717) is 31.5 Å². The summed E-state index contributed by atoms with van der Waals surface area (Å²) in [6.45, 7) is 5.58. The number of aromatic nitrogens is 3. The largest absolute Gasteiger partial charge is 0.478 e. The summed E-state index contributed by atoms with van der Waals surface area (Å²) >= 11 is 0. The van der Waals surface area contributed by atoms with Crippen molar-refractivity contribution in [3.63, 3.8) is 0 Å². The molecule has 0 spiro atoms. The van der Waals surface area contributed by atoms with Crippen molar-refractivity contribution in [2.75, 3.05) is 37.7 Å². The molecule has 0 aliphatic carbocycles. The molecule has 1 saturated heterocycles. The Labute approximate surface area is 145 Å². The second-order valence-corrected chi connectivity index (χ2v) is 5.83. The molecule has 1 aliphatic rings. The van der Waals surface area contributed by atoms with Crippen molar-refractivity contribution < 1.29 is 13.5 Å². The van der Waals surface area contributed by atoms with E-state index < -0.39 is 11.6 Å². The van der Waals surface area contributed by atoms with Crippen LogP contribution in [0.2, 0.25) is 0 Å². The summed E-state index contributed by atoms with van der Waals surface area (Å²) in [4.78, 5) is 16.4. The van der Waals surface area contributed by atoms with Crippen LogP contribution < -0.4 is 9.64 Å². The van der Waals surface area contributed by atoms with Crippen molar-refractivity contribution in [2.45, 2.75) is 19.9 Å². The molecule has 2 aromatic rings. The predicted molar refractivity (Wildman–Crippen MR) is 89.5 cm³/mol. The van der Waals surface area contributed by atoms with E-state index in [-0.39, 0.29) is 12.1 Å². The number of hydrogen-bond acceptors (Lipinski definition) is 6. The molecule has 134 valence electrons. The normalized spacial score (nSPS) is 15.9. The van der Waals surface area contributed by atoms with Gasteiger partial charge in [0.05, 0.1) is 19.0 Å². The first-order chi connectivity index (χ1) is 12.2. The zero-order valence-electron chi connectivity index (χ0n) is 14.2. The van der Waals surface area contributed by atoms with Gasteiger partial charge in [-0.25, -0.2) is 13.8 Å². The topological polar surface area (TPSA) is 54.4 Å².